The smallest absolute Gasteiger partial charge is 0.263 e. The first-order chi connectivity index (χ1) is 14.8. The number of hydrogen-bond acceptors (Lipinski definition) is 7. The fourth-order valence-corrected chi connectivity index (χ4v) is 7.27. The topological polar surface area (TPSA) is 111 Å². The number of nitrogens with zero attached hydrogens (tertiary/aromatic N) is 3. The molecule has 0 radical (unpaired) electrons. The van der Waals surface area contributed by atoms with Crippen LogP contribution < -0.4 is 10.9 Å². The molecule has 0 bridgehead atoms. The van der Waals surface area contributed by atoms with Crippen molar-refractivity contribution in [2.75, 3.05) is 26.2 Å². The third-order valence-electron chi connectivity index (χ3n) is 6.00. The van der Waals surface area contributed by atoms with Gasteiger partial charge in [-0.05, 0) is 38.5 Å². The molecule has 1 unspecified atom stereocenters. The molecule has 2 aromatic heterocycles. The summed E-state index contributed by atoms with van der Waals surface area (Å²) in [6.07, 6.45) is 4.79. The predicted molar refractivity (Wildman–Crippen MR) is 118 cm³/mol. The molecule has 31 heavy (non-hydrogen) atoms. The van der Waals surface area contributed by atoms with Crippen molar-refractivity contribution in [3.63, 3.8) is 0 Å². The van der Waals surface area contributed by atoms with Gasteiger partial charge in [0.05, 0.1) is 17.8 Å². The number of hydrogen-bond donors (Lipinski definition) is 1. The van der Waals surface area contributed by atoms with Gasteiger partial charge in [-0.15, -0.1) is 11.3 Å². The summed E-state index contributed by atoms with van der Waals surface area (Å²) in [6, 6.07) is 0. The Morgan fingerprint density at radius 1 is 1.32 bits per heavy atom. The van der Waals surface area contributed by atoms with E-state index in [4.69, 9.17) is 4.74 Å². The minimum absolute atomic E-state index is 0.00445. The van der Waals surface area contributed by atoms with Gasteiger partial charge in [0, 0.05) is 31.1 Å². The number of nitrogens with one attached hydrogen (secondary N) is 1. The van der Waals surface area contributed by atoms with Gasteiger partial charge >= 0.3 is 0 Å². The Morgan fingerprint density at radius 2 is 2.06 bits per heavy atom. The van der Waals surface area contributed by atoms with E-state index < -0.39 is 15.6 Å². The molecule has 2 aromatic rings. The van der Waals surface area contributed by atoms with E-state index in [9.17, 15) is 18.0 Å². The Hall–Kier alpha value is -1.82. The lowest BCUT2D eigenvalue weighted by atomic mass is 10.0. The molecule has 170 valence electrons. The number of piperidine rings is 1. The molecule has 11 heteroatoms. The molecule has 2 fully saturated rings. The summed E-state index contributed by atoms with van der Waals surface area (Å²) < 4.78 is 34.9. The summed E-state index contributed by atoms with van der Waals surface area (Å²) >= 11 is 1.19. The van der Waals surface area contributed by atoms with E-state index in [0.717, 1.165) is 25.7 Å². The Balaban J connectivity index is 1.61. The number of ether oxygens (including phenoxy) is 1. The monoisotopic (exact) mass is 468 g/mol. The summed E-state index contributed by atoms with van der Waals surface area (Å²) in [7, 11) is -3.82. The molecule has 1 N–H and O–H groups in total. The molecule has 0 saturated carbocycles. The van der Waals surface area contributed by atoms with Crippen LogP contribution in [0.25, 0.3) is 10.2 Å². The van der Waals surface area contributed by atoms with Crippen LogP contribution in [-0.4, -0.2) is 60.5 Å². The van der Waals surface area contributed by atoms with Crippen LogP contribution in [0, 0.1) is 12.8 Å². The lowest BCUT2D eigenvalue weighted by Crippen LogP contribution is -2.39. The lowest BCUT2D eigenvalue weighted by Gasteiger charge is -2.29. The molecular formula is C20H28N4O5S2. The number of carbonyl (C=O) groups excluding carboxylic acids is 1. The van der Waals surface area contributed by atoms with Crippen molar-refractivity contribution in [3.8, 4) is 0 Å². The maximum absolute atomic E-state index is 13.4. The highest BCUT2D eigenvalue weighted by atomic mass is 32.2. The van der Waals surface area contributed by atoms with E-state index in [0.29, 0.717) is 41.9 Å². The summed E-state index contributed by atoms with van der Waals surface area (Å²) in [5.74, 6) is 0.152. The highest BCUT2D eigenvalue weighted by Crippen LogP contribution is 2.34. The van der Waals surface area contributed by atoms with Gasteiger partial charge in [0.1, 0.15) is 16.3 Å². The van der Waals surface area contributed by atoms with Crippen LogP contribution in [0.3, 0.4) is 0 Å². The van der Waals surface area contributed by atoms with Gasteiger partial charge in [-0.25, -0.2) is 13.4 Å². The molecule has 2 aliphatic rings. The van der Waals surface area contributed by atoms with Gasteiger partial charge in [0.15, 0.2) is 0 Å². The van der Waals surface area contributed by atoms with Crippen molar-refractivity contribution in [2.24, 2.45) is 5.92 Å². The third kappa shape index (κ3) is 4.55. The number of rotatable bonds is 6. The van der Waals surface area contributed by atoms with Crippen LogP contribution >= 0.6 is 11.3 Å². The molecule has 1 atom stereocenters. The lowest BCUT2D eigenvalue weighted by molar-refractivity contribution is -0.122. The first-order valence-corrected chi connectivity index (χ1v) is 12.9. The van der Waals surface area contributed by atoms with Crippen LogP contribution in [0.1, 0.15) is 37.5 Å². The summed E-state index contributed by atoms with van der Waals surface area (Å²) in [4.78, 5) is 30.8. The Kier molecular flexibility index (Phi) is 6.47. The van der Waals surface area contributed by atoms with Crippen LogP contribution in [0.5, 0.6) is 0 Å². The number of aromatic nitrogens is 2. The first-order valence-electron chi connectivity index (χ1n) is 10.6. The quantitative estimate of drug-likeness (QED) is 0.688. The average Bonchev–Trinajstić information content (AvgIpc) is 3.36. The zero-order valence-corrected chi connectivity index (χ0v) is 19.4. The van der Waals surface area contributed by atoms with E-state index >= 15 is 0 Å². The molecule has 1 amide bonds. The summed E-state index contributed by atoms with van der Waals surface area (Å²) in [6.45, 7) is 5.58. The van der Waals surface area contributed by atoms with Crippen LogP contribution in [0.15, 0.2) is 16.0 Å². The van der Waals surface area contributed by atoms with Crippen molar-refractivity contribution in [1.82, 2.24) is 19.2 Å². The first kappa shape index (κ1) is 22.4. The van der Waals surface area contributed by atoms with Crippen LogP contribution in [-0.2, 0) is 26.1 Å². The Bertz CT molecular complexity index is 1130. The van der Waals surface area contributed by atoms with Crippen molar-refractivity contribution >= 4 is 37.5 Å². The van der Waals surface area contributed by atoms with Gasteiger partial charge in [-0.1, -0.05) is 6.92 Å². The van der Waals surface area contributed by atoms with E-state index in [1.807, 2.05) is 0 Å². The number of carbonyl (C=O) groups is 1. The molecule has 4 rings (SSSR count). The number of amides is 1. The van der Waals surface area contributed by atoms with Gasteiger partial charge in [0.25, 0.3) is 5.56 Å². The molecule has 2 saturated heterocycles. The standard InChI is InChI=1S/C20H28N4O5S2/c1-13-5-7-24(8-6-13)31(27,28)18-14(2)30-19-17(18)20(26)23(12-22-19)11-16(25)21-10-15-4-3-9-29-15/h12-13,15H,3-11H2,1-2H3,(H,21,25). The highest BCUT2D eigenvalue weighted by molar-refractivity contribution is 7.89. The number of fused-ring (bicyclic) bond motifs is 1. The molecule has 0 aromatic carbocycles. The maximum atomic E-state index is 13.4. The van der Waals surface area contributed by atoms with Crippen molar-refractivity contribution in [2.45, 2.75) is 57.1 Å². The largest absolute Gasteiger partial charge is 0.376 e. The fourth-order valence-electron chi connectivity index (χ4n) is 4.13. The van der Waals surface area contributed by atoms with Crippen molar-refractivity contribution in [1.29, 1.82) is 0 Å². The van der Waals surface area contributed by atoms with Crippen molar-refractivity contribution < 1.29 is 17.9 Å². The van der Waals surface area contributed by atoms with E-state index in [-0.39, 0.29) is 28.8 Å². The van der Waals surface area contributed by atoms with E-state index in [1.54, 1.807) is 6.92 Å². The van der Waals surface area contributed by atoms with E-state index in [2.05, 4.69) is 17.2 Å². The molecule has 2 aliphatic heterocycles. The number of thiophene rings is 1. The fraction of sp³-hybridized carbons (Fsp3) is 0.650. The SMILES string of the molecule is Cc1sc2ncn(CC(=O)NCC3CCCO3)c(=O)c2c1S(=O)(=O)N1CCC(C)CC1. The second-order valence-electron chi connectivity index (χ2n) is 8.37. The van der Waals surface area contributed by atoms with E-state index in [1.165, 1.54) is 26.5 Å². The average molecular weight is 469 g/mol. The van der Waals surface area contributed by atoms with Crippen LogP contribution in [0.4, 0.5) is 0 Å². The number of aryl methyl sites for hydroxylation is 1. The van der Waals surface area contributed by atoms with Gasteiger partial charge < -0.3 is 10.1 Å². The summed E-state index contributed by atoms with van der Waals surface area (Å²) in [5, 5.41) is 2.86. The molecule has 4 heterocycles. The predicted octanol–water partition coefficient (Wildman–Crippen LogP) is 1.48. The molecular weight excluding hydrogens is 440 g/mol. The minimum atomic E-state index is -3.82. The zero-order chi connectivity index (χ0) is 22.2. The summed E-state index contributed by atoms with van der Waals surface area (Å²) in [5.41, 5.74) is -0.509. The highest BCUT2D eigenvalue weighted by Gasteiger charge is 2.33. The number of sulfonamides is 1. The second-order valence-corrected chi connectivity index (χ2v) is 11.4. The Labute approximate surface area is 185 Å². The molecule has 0 aliphatic carbocycles. The molecule has 0 spiro atoms. The second kappa shape index (κ2) is 8.97. The van der Waals surface area contributed by atoms with Crippen molar-refractivity contribution in [3.05, 3.63) is 21.6 Å². The Morgan fingerprint density at radius 3 is 2.74 bits per heavy atom. The third-order valence-corrected chi connectivity index (χ3v) is 9.22. The van der Waals surface area contributed by atoms with Crippen LogP contribution in [0.2, 0.25) is 0 Å². The molecule has 9 nitrogen and oxygen atoms in total. The maximum Gasteiger partial charge on any atom is 0.263 e. The normalized spacial score (nSPS) is 21.0. The minimum Gasteiger partial charge on any atom is -0.376 e. The zero-order valence-electron chi connectivity index (χ0n) is 17.8. The van der Waals surface area contributed by atoms with Gasteiger partial charge in [0.2, 0.25) is 15.9 Å². The van der Waals surface area contributed by atoms with Gasteiger partial charge in [-0.3, -0.25) is 14.2 Å². The van der Waals surface area contributed by atoms with Gasteiger partial charge in [-0.2, -0.15) is 4.31 Å².